The molecule has 11 rings (SSSR count). The van der Waals surface area contributed by atoms with E-state index in [1.807, 2.05) is 85.2 Å². The van der Waals surface area contributed by atoms with Crippen molar-refractivity contribution in [1.29, 1.82) is 0 Å². The number of rotatable bonds is 6. The summed E-state index contributed by atoms with van der Waals surface area (Å²) in [5.41, 5.74) is 6.04. The summed E-state index contributed by atoms with van der Waals surface area (Å²) in [4.78, 5) is 12.2. The monoisotopic (exact) mass is 770 g/mol. The van der Waals surface area contributed by atoms with Gasteiger partial charge in [-0.1, -0.05) is 133 Å². The molecule has 272 valence electrons. The van der Waals surface area contributed by atoms with Crippen LogP contribution >= 0.6 is 11.3 Å². The largest absolute Gasteiger partial charge is 0.327 e. The molecule has 4 heterocycles. The third-order valence-corrected chi connectivity index (χ3v) is 17.6. The van der Waals surface area contributed by atoms with Crippen LogP contribution in [0.4, 0.5) is 21.6 Å². The highest BCUT2D eigenvalue weighted by atomic mass is 32.1. The Bertz CT molecular complexity index is 3090. The van der Waals surface area contributed by atoms with Gasteiger partial charge in [0, 0.05) is 50.4 Å². The van der Waals surface area contributed by atoms with E-state index in [-0.39, 0.29) is 0 Å². The number of hydrogen-bond acceptors (Lipinski definition) is 4. The Balaban J connectivity index is 1.18. The number of hydrogen-bond donors (Lipinski definition) is 0. The normalized spacial score (nSPS) is 13.8. The standard InChI is InChI=1S/C50H35FN4SSi/c1-54-41-23-10-9-22-40(41)53-50(54)35-16-14-15-33(29-35)49(51)34-26-27-46-42(30-34)55(48-25-12-13-28-52-48)43-32-45-39(38-21-8-11-24-44(38)56-45)31-47(43)57(46,36-17-4-2-5-18-36)37-19-6-3-7-20-37/h2-32,49H,1H3. The molecule has 0 bridgehead atoms. The number of fused-ring (bicyclic) bond motifs is 6. The van der Waals surface area contributed by atoms with Crippen LogP contribution < -0.4 is 25.6 Å². The molecular weight excluding hydrogens is 736 g/mol. The predicted molar refractivity (Wildman–Crippen MR) is 238 cm³/mol. The smallest absolute Gasteiger partial charge is 0.184 e. The van der Waals surface area contributed by atoms with Gasteiger partial charge in [-0.05, 0) is 80.4 Å². The van der Waals surface area contributed by atoms with Crippen molar-refractivity contribution in [3.05, 3.63) is 199 Å². The fraction of sp³-hybridized carbons (Fsp3) is 0.0400. The van der Waals surface area contributed by atoms with E-state index in [4.69, 9.17) is 9.97 Å². The highest BCUT2D eigenvalue weighted by Crippen LogP contribution is 2.44. The summed E-state index contributed by atoms with van der Waals surface area (Å²) >= 11 is 1.81. The second-order valence-corrected chi connectivity index (χ2v) is 19.5. The average Bonchev–Trinajstić information content (AvgIpc) is 3.82. The van der Waals surface area contributed by atoms with E-state index >= 15 is 4.39 Å². The third-order valence-electron chi connectivity index (χ3n) is 11.6. The molecule has 1 aliphatic rings. The minimum absolute atomic E-state index is 0.585. The maximum Gasteiger partial charge on any atom is 0.184 e. The number of aryl methyl sites for hydroxylation is 1. The van der Waals surface area contributed by atoms with Crippen molar-refractivity contribution in [3.8, 4) is 11.4 Å². The Morgan fingerprint density at radius 3 is 2.05 bits per heavy atom. The number of nitrogens with zero attached hydrogens (tertiary/aromatic N) is 4. The van der Waals surface area contributed by atoms with Crippen LogP contribution in [0.15, 0.2) is 188 Å². The molecule has 3 aromatic heterocycles. The molecule has 0 fully saturated rings. The van der Waals surface area contributed by atoms with Gasteiger partial charge in [0.15, 0.2) is 14.2 Å². The van der Waals surface area contributed by atoms with Crippen molar-refractivity contribution in [2.75, 3.05) is 4.90 Å². The zero-order chi connectivity index (χ0) is 38.1. The van der Waals surface area contributed by atoms with Crippen LogP contribution in [0.5, 0.6) is 0 Å². The van der Waals surface area contributed by atoms with E-state index in [0.29, 0.717) is 11.1 Å². The molecule has 0 saturated heterocycles. The number of anilines is 3. The predicted octanol–water partition coefficient (Wildman–Crippen LogP) is 10.2. The summed E-state index contributed by atoms with van der Waals surface area (Å²) in [6.45, 7) is 0. The molecule has 1 unspecified atom stereocenters. The summed E-state index contributed by atoms with van der Waals surface area (Å²) in [5.74, 6) is 1.60. The van der Waals surface area contributed by atoms with Crippen molar-refractivity contribution in [2.24, 2.45) is 7.05 Å². The minimum Gasteiger partial charge on any atom is -0.327 e. The summed E-state index contributed by atoms with van der Waals surface area (Å²) in [6, 6.07) is 63.7. The molecule has 0 saturated carbocycles. The summed E-state index contributed by atoms with van der Waals surface area (Å²) in [6.07, 6.45) is 0.459. The molecule has 4 nitrogen and oxygen atoms in total. The topological polar surface area (TPSA) is 34.0 Å². The van der Waals surface area contributed by atoms with Crippen LogP contribution in [0.2, 0.25) is 0 Å². The van der Waals surface area contributed by atoms with Crippen LogP contribution in [0.1, 0.15) is 17.3 Å². The fourth-order valence-electron chi connectivity index (χ4n) is 9.06. The number of para-hydroxylation sites is 2. The first-order valence-corrected chi connectivity index (χ1v) is 22.0. The van der Waals surface area contributed by atoms with Crippen molar-refractivity contribution < 1.29 is 4.39 Å². The van der Waals surface area contributed by atoms with Crippen LogP contribution in [-0.2, 0) is 7.05 Å². The van der Waals surface area contributed by atoms with Crippen LogP contribution in [-0.4, -0.2) is 22.6 Å². The summed E-state index contributed by atoms with van der Waals surface area (Å²) in [5, 5.41) is 7.55. The maximum atomic E-state index is 17.4. The molecule has 7 heteroatoms. The van der Waals surface area contributed by atoms with Crippen molar-refractivity contribution in [2.45, 2.75) is 6.17 Å². The second kappa shape index (κ2) is 13.2. The van der Waals surface area contributed by atoms with Crippen molar-refractivity contribution >= 4 is 88.6 Å². The molecular formula is C50H35FN4SSi. The number of thiophene rings is 1. The number of pyridine rings is 1. The average molecular weight is 771 g/mol. The lowest BCUT2D eigenvalue weighted by Gasteiger charge is -2.45. The highest BCUT2D eigenvalue weighted by Gasteiger charge is 2.49. The Kier molecular flexibility index (Phi) is 7.81. The zero-order valence-electron chi connectivity index (χ0n) is 31.1. The van der Waals surface area contributed by atoms with E-state index in [1.54, 1.807) is 0 Å². The highest BCUT2D eigenvalue weighted by molar-refractivity contribution is 7.26. The van der Waals surface area contributed by atoms with Gasteiger partial charge in [0.1, 0.15) is 11.6 Å². The van der Waals surface area contributed by atoms with E-state index in [1.165, 1.54) is 40.9 Å². The first-order chi connectivity index (χ1) is 28.1. The lowest BCUT2D eigenvalue weighted by Crippen LogP contribution is -2.77. The lowest BCUT2D eigenvalue weighted by molar-refractivity contribution is 0.402. The minimum atomic E-state index is -3.04. The third kappa shape index (κ3) is 5.16. The van der Waals surface area contributed by atoms with Gasteiger partial charge in [0.2, 0.25) is 0 Å². The van der Waals surface area contributed by atoms with E-state index in [2.05, 4.69) is 131 Å². The molecule has 57 heavy (non-hydrogen) atoms. The molecule has 10 aromatic rings. The quantitative estimate of drug-likeness (QED) is 0.158. The van der Waals surface area contributed by atoms with Gasteiger partial charge in [-0.15, -0.1) is 11.3 Å². The molecule has 1 atom stereocenters. The molecule has 0 N–H and O–H groups in total. The Morgan fingerprint density at radius 2 is 1.28 bits per heavy atom. The van der Waals surface area contributed by atoms with E-state index in [0.717, 1.165) is 39.6 Å². The number of benzene rings is 7. The van der Waals surface area contributed by atoms with Gasteiger partial charge in [0.25, 0.3) is 0 Å². The molecule has 0 amide bonds. The van der Waals surface area contributed by atoms with E-state index in [9.17, 15) is 0 Å². The summed E-state index contributed by atoms with van der Waals surface area (Å²) < 4.78 is 21.9. The lowest BCUT2D eigenvalue weighted by atomic mass is 9.99. The number of aromatic nitrogens is 3. The van der Waals surface area contributed by atoms with Gasteiger partial charge in [-0.25, -0.2) is 14.4 Å². The Hall–Kier alpha value is -6.67. The van der Waals surface area contributed by atoms with Gasteiger partial charge in [-0.2, -0.15) is 0 Å². The number of imidazole rings is 1. The van der Waals surface area contributed by atoms with Gasteiger partial charge in [-0.3, -0.25) is 4.90 Å². The molecule has 1 aliphatic heterocycles. The fourth-order valence-corrected chi connectivity index (χ4v) is 15.3. The molecule has 0 spiro atoms. The van der Waals surface area contributed by atoms with Crippen molar-refractivity contribution in [1.82, 2.24) is 14.5 Å². The zero-order valence-corrected chi connectivity index (χ0v) is 32.9. The van der Waals surface area contributed by atoms with Crippen LogP contribution in [0.25, 0.3) is 42.6 Å². The number of alkyl halides is 1. The molecule has 0 radical (unpaired) electrons. The van der Waals surface area contributed by atoms with Crippen LogP contribution in [0, 0.1) is 0 Å². The van der Waals surface area contributed by atoms with Gasteiger partial charge < -0.3 is 4.57 Å². The van der Waals surface area contributed by atoms with Crippen LogP contribution in [0.3, 0.4) is 0 Å². The Morgan fingerprint density at radius 1 is 0.579 bits per heavy atom. The van der Waals surface area contributed by atoms with E-state index < -0.39 is 14.2 Å². The number of halogens is 1. The second-order valence-electron chi connectivity index (χ2n) is 14.7. The maximum absolute atomic E-state index is 17.4. The van der Waals surface area contributed by atoms with Gasteiger partial charge >= 0.3 is 0 Å². The SMILES string of the molecule is Cn1c(-c2cccc(C(F)c3ccc4c(c3)N(c3ccccn3)c3cc5sc6ccccc6c5cc3[Si]4(c3ccccc3)c3ccccc3)c2)nc2ccccc21. The van der Waals surface area contributed by atoms with Crippen molar-refractivity contribution in [3.63, 3.8) is 0 Å². The first kappa shape index (κ1) is 33.6. The Labute approximate surface area is 334 Å². The first-order valence-electron chi connectivity index (χ1n) is 19.2. The van der Waals surface area contributed by atoms with Gasteiger partial charge in [0.05, 0.1) is 11.0 Å². The molecule has 0 aliphatic carbocycles. The molecule has 7 aromatic carbocycles. The summed E-state index contributed by atoms with van der Waals surface area (Å²) in [7, 11) is -1.03.